The minimum Gasteiger partial charge on any atom is -0.504 e. The summed E-state index contributed by atoms with van der Waals surface area (Å²) in [7, 11) is 3.83. The number of hydrogen-bond donors (Lipinski definition) is 1. The zero-order valence-corrected chi connectivity index (χ0v) is 15.3. The number of phenolic OH excluding ortho intramolecular Hbond substituents is 1. The van der Waals surface area contributed by atoms with Crippen LogP contribution in [0.1, 0.15) is 16.8 Å². The Morgan fingerprint density at radius 3 is 2.65 bits per heavy atom. The van der Waals surface area contributed by atoms with Gasteiger partial charge >= 0.3 is 0 Å². The minimum absolute atomic E-state index is 0.0608. The van der Waals surface area contributed by atoms with Crippen molar-refractivity contribution in [2.45, 2.75) is 6.42 Å². The van der Waals surface area contributed by atoms with Gasteiger partial charge in [-0.25, -0.2) is 0 Å². The first-order chi connectivity index (χ1) is 12.6. The third kappa shape index (κ3) is 4.86. The average molecular weight is 355 g/mol. The first-order valence-electron chi connectivity index (χ1n) is 8.48. The molecule has 0 aliphatic rings. The minimum atomic E-state index is 0.0608. The van der Waals surface area contributed by atoms with E-state index >= 15 is 0 Å². The highest BCUT2D eigenvalue weighted by Crippen LogP contribution is 2.41. The molecular formula is C21H25NO4. The Morgan fingerprint density at radius 1 is 1.15 bits per heavy atom. The summed E-state index contributed by atoms with van der Waals surface area (Å²) in [5.74, 6) is 0.470. The van der Waals surface area contributed by atoms with Gasteiger partial charge in [-0.15, -0.1) is 6.58 Å². The summed E-state index contributed by atoms with van der Waals surface area (Å²) in [5.41, 5.74) is 2.85. The third-order valence-corrected chi connectivity index (χ3v) is 3.85. The zero-order valence-electron chi connectivity index (χ0n) is 15.3. The molecule has 0 amide bonds. The Morgan fingerprint density at radius 2 is 1.96 bits per heavy atom. The lowest BCUT2D eigenvalue weighted by Crippen LogP contribution is -2.10. The number of hydrogen-bond acceptors (Lipinski definition) is 5. The molecule has 0 bridgehead atoms. The molecule has 5 heteroatoms. The van der Waals surface area contributed by atoms with Crippen LogP contribution in [0.3, 0.4) is 0 Å². The number of carbonyl (C=O) groups is 1. The van der Waals surface area contributed by atoms with Crippen LogP contribution in [0.4, 0.5) is 5.69 Å². The SMILES string of the molecule is C=CCOCCCOc1cccc(-c2cc(C=O)ccc2N(C)C)c1O. The maximum absolute atomic E-state index is 11.2. The molecule has 0 unspecified atom stereocenters. The Hall–Kier alpha value is -2.79. The fourth-order valence-electron chi connectivity index (χ4n) is 2.60. The molecule has 0 saturated heterocycles. The number of rotatable bonds is 10. The standard InChI is InChI=1S/C21H25NO4/c1-4-11-25-12-6-13-26-20-8-5-7-17(21(20)24)18-14-16(15-23)9-10-19(18)22(2)3/h4-5,7-10,14-15,24H,1,6,11-13H2,2-3H3. The van der Waals surface area contributed by atoms with E-state index in [0.29, 0.717) is 43.1 Å². The molecule has 0 atom stereocenters. The largest absolute Gasteiger partial charge is 0.504 e. The normalized spacial score (nSPS) is 10.4. The van der Waals surface area contributed by atoms with Crippen LogP contribution in [-0.4, -0.2) is 45.3 Å². The van der Waals surface area contributed by atoms with Crippen LogP contribution in [0.15, 0.2) is 49.1 Å². The van der Waals surface area contributed by atoms with Gasteiger partial charge in [0.2, 0.25) is 0 Å². The lowest BCUT2D eigenvalue weighted by Gasteiger charge is -2.19. The van der Waals surface area contributed by atoms with Crippen molar-refractivity contribution in [2.24, 2.45) is 0 Å². The van der Waals surface area contributed by atoms with Gasteiger partial charge in [0.1, 0.15) is 6.29 Å². The van der Waals surface area contributed by atoms with Crippen molar-refractivity contribution in [3.05, 3.63) is 54.6 Å². The van der Waals surface area contributed by atoms with E-state index in [9.17, 15) is 9.90 Å². The predicted octanol–water partition coefficient (Wildman–Crippen LogP) is 3.91. The Balaban J connectivity index is 2.23. The molecular weight excluding hydrogens is 330 g/mol. The Bertz CT molecular complexity index is 756. The molecule has 0 radical (unpaired) electrons. The van der Waals surface area contributed by atoms with Crippen LogP contribution in [0, 0.1) is 0 Å². The second-order valence-electron chi connectivity index (χ2n) is 6.01. The van der Waals surface area contributed by atoms with Gasteiger partial charge in [-0.2, -0.15) is 0 Å². The molecule has 0 fully saturated rings. The van der Waals surface area contributed by atoms with Crippen LogP contribution in [0.2, 0.25) is 0 Å². The first-order valence-corrected chi connectivity index (χ1v) is 8.48. The fourth-order valence-corrected chi connectivity index (χ4v) is 2.60. The van der Waals surface area contributed by atoms with Crippen molar-refractivity contribution in [1.29, 1.82) is 0 Å². The van der Waals surface area contributed by atoms with E-state index in [1.165, 1.54) is 0 Å². The van der Waals surface area contributed by atoms with Crippen molar-refractivity contribution in [2.75, 3.05) is 38.8 Å². The number of para-hydroxylation sites is 1. The fraction of sp³-hybridized carbons (Fsp3) is 0.286. The molecule has 0 heterocycles. The van der Waals surface area contributed by atoms with Gasteiger partial charge in [-0.05, 0) is 24.3 Å². The van der Waals surface area contributed by atoms with Crippen molar-refractivity contribution < 1.29 is 19.4 Å². The molecule has 0 spiro atoms. The van der Waals surface area contributed by atoms with Gasteiger partial charge in [-0.3, -0.25) is 4.79 Å². The summed E-state index contributed by atoms with van der Waals surface area (Å²) in [6.07, 6.45) is 3.20. The summed E-state index contributed by atoms with van der Waals surface area (Å²) < 4.78 is 11.0. The lowest BCUT2D eigenvalue weighted by atomic mass is 9.99. The van der Waals surface area contributed by atoms with Gasteiger partial charge in [0.05, 0.1) is 19.8 Å². The summed E-state index contributed by atoms with van der Waals surface area (Å²) in [5, 5.41) is 10.7. The summed E-state index contributed by atoms with van der Waals surface area (Å²) in [6.45, 7) is 5.11. The molecule has 2 aromatic carbocycles. The van der Waals surface area contributed by atoms with Gasteiger partial charge in [-0.1, -0.05) is 18.2 Å². The van der Waals surface area contributed by atoms with Crippen molar-refractivity contribution in [3.8, 4) is 22.6 Å². The number of nitrogens with zero attached hydrogens (tertiary/aromatic N) is 1. The monoisotopic (exact) mass is 355 g/mol. The molecule has 0 aliphatic carbocycles. The van der Waals surface area contributed by atoms with Crippen LogP contribution < -0.4 is 9.64 Å². The molecule has 138 valence electrons. The number of aldehydes is 1. The topological polar surface area (TPSA) is 59.0 Å². The van der Waals surface area contributed by atoms with Crippen LogP contribution in [0.5, 0.6) is 11.5 Å². The second-order valence-corrected chi connectivity index (χ2v) is 6.01. The van der Waals surface area contributed by atoms with Gasteiger partial charge in [0, 0.05) is 42.9 Å². The molecule has 1 N–H and O–H groups in total. The molecule has 0 aliphatic heterocycles. The van der Waals surface area contributed by atoms with Crippen molar-refractivity contribution in [3.63, 3.8) is 0 Å². The molecule has 0 aromatic heterocycles. The average Bonchev–Trinajstić information content (AvgIpc) is 2.65. The number of ether oxygens (including phenoxy) is 2. The number of phenols is 1. The maximum atomic E-state index is 11.2. The van der Waals surface area contributed by atoms with Crippen molar-refractivity contribution in [1.82, 2.24) is 0 Å². The molecule has 2 rings (SSSR count). The van der Waals surface area contributed by atoms with Crippen LogP contribution in [0.25, 0.3) is 11.1 Å². The molecule has 0 saturated carbocycles. The van der Waals surface area contributed by atoms with Gasteiger partial charge < -0.3 is 19.5 Å². The Kier molecular flexibility index (Phi) is 7.24. The summed E-state index contributed by atoms with van der Waals surface area (Å²) in [4.78, 5) is 13.1. The quantitative estimate of drug-likeness (QED) is 0.398. The van der Waals surface area contributed by atoms with E-state index in [2.05, 4.69) is 6.58 Å². The molecule has 5 nitrogen and oxygen atoms in total. The molecule has 26 heavy (non-hydrogen) atoms. The maximum Gasteiger partial charge on any atom is 0.165 e. The highest BCUT2D eigenvalue weighted by molar-refractivity contribution is 5.88. The van der Waals surface area contributed by atoms with E-state index in [-0.39, 0.29) is 5.75 Å². The number of anilines is 1. The highest BCUT2D eigenvalue weighted by Gasteiger charge is 2.15. The van der Waals surface area contributed by atoms with E-state index in [1.54, 1.807) is 24.3 Å². The van der Waals surface area contributed by atoms with Gasteiger partial charge in [0.25, 0.3) is 0 Å². The Labute approximate surface area is 154 Å². The third-order valence-electron chi connectivity index (χ3n) is 3.85. The zero-order chi connectivity index (χ0) is 18.9. The number of benzene rings is 2. The first kappa shape index (κ1) is 19.5. The van der Waals surface area contributed by atoms with E-state index < -0.39 is 0 Å². The van der Waals surface area contributed by atoms with E-state index in [4.69, 9.17) is 9.47 Å². The van der Waals surface area contributed by atoms with E-state index in [0.717, 1.165) is 17.5 Å². The summed E-state index contributed by atoms with van der Waals surface area (Å²) >= 11 is 0. The second kappa shape index (κ2) is 9.63. The summed E-state index contributed by atoms with van der Waals surface area (Å²) in [6, 6.07) is 10.8. The van der Waals surface area contributed by atoms with Gasteiger partial charge in [0.15, 0.2) is 11.5 Å². The number of aromatic hydroxyl groups is 1. The lowest BCUT2D eigenvalue weighted by molar-refractivity contribution is 0.112. The van der Waals surface area contributed by atoms with Crippen molar-refractivity contribution >= 4 is 12.0 Å². The smallest absolute Gasteiger partial charge is 0.165 e. The number of carbonyl (C=O) groups excluding carboxylic acids is 1. The van der Waals surface area contributed by atoms with E-state index in [1.807, 2.05) is 37.2 Å². The highest BCUT2D eigenvalue weighted by atomic mass is 16.5. The molecule has 2 aromatic rings. The van der Waals surface area contributed by atoms with Crippen LogP contribution in [-0.2, 0) is 4.74 Å². The van der Waals surface area contributed by atoms with Crippen LogP contribution >= 0.6 is 0 Å². The predicted molar refractivity (Wildman–Crippen MR) is 104 cm³/mol.